The molecule has 1 heterocycles. The lowest BCUT2D eigenvalue weighted by molar-refractivity contribution is 0.222. The summed E-state index contributed by atoms with van der Waals surface area (Å²) in [6.45, 7) is 2.58. The van der Waals surface area contributed by atoms with E-state index in [4.69, 9.17) is 23.2 Å². The third kappa shape index (κ3) is 3.83. The van der Waals surface area contributed by atoms with Gasteiger partial charge in [-0.2, -0.15) is 4.31 Å². The molecule has 106 valence electrons. The first-order valence-corrected chi connectivity index (χ1v) is 8.35. The molecule has 0 aliphatic carbocycles. The van der Waals surface area contributed by atoms with Crippen LogP contribution in [0.5, 0.6) is 0 Å². The van der Waals surface area contributed by atoms with Crippen LogP contribution in [0.3, 0.4) is 0 Å². The third-order valence-corrected chi connectivity index (χ3v) is 5.62. The number of benzene rings is 1. The highest BCUT2D eigenvalue weighted by atomic mass is 35.5. The van der Waals surface area contributed by atoms with Gasteiger partial charge in [0.25, 0.3) is 0 Å². The lowest BCUT2D eigenvalue weighted by atomic mass is 10.2. The van der Waals surface area contributed by atoms with Crippen LogP contribution in [0.1, 0.15) is 5.56 Å². The quantitative estimate of drug-likeness (QED) is 0.855. The van der Waals surface area contributed by atoms with Crippen LogP contribution in [-0.2, 0) is 15.8 Å². The predicted molar refractivity (Wildman–Crippen MR) is 78.2 cm³/mol. The molecule has 0 aromatic heterocycles. The van der Waals surface area contributed by atoms with E-state index in [-0.39, 0.29) is 5.75 Å². The van der Waals surface area contributed by atoms with E-state index in [1.807, 2.05) is 7.05 Å². The van der Waals surface area contributed by atoms with Gasteiger partial charge >= 0.3 is 0 Å². The fraction of sp³-hybridized carbons (Fsp3) is 0.500. The van der Waals surface area contributed by atoms with Crippen LogP contribution in [0, 0.1) is 0 Å². The van der Waals surface area contributed by atoms with Gasteiger partial charge in [-0.25, -0.2) is 8.42 Å². The molecule has 0 spiro atoms. The first-order valence-electron chi connectivity index (χ1n) is 5.99. The summed E-state index contributed by atoms with van der Waals surface area (Å²) in [6.07, 6.45) is 0. The topological polar surface area (TPSA) is 40.6 Å². The van der Waals surface area contributed by atoms with E-state index in [0.717, 1.165) is 13.1 Å². The number of rotatable bonds is 3. The Morgan fingerprint density at radius 2 is 1.79 bits per heavy atom. The standard InChI is InChI=1S/C12H16Cl2N2O2S/c1-15-4-6-16(7-5-15)19(17,18)9-10-2-3-11(13)8-12(10)14/h2-3,8H,4-7,9H2,1H3. The van der Waals surface area contributed by atoms with Gasteiger partial charge in [-0.3, -0.25) is 0 Å². The fourth-order valence-corrected chi connectivity index (χ4v) is 4.09. The largest absolute Gasteiger partial charge is 0.304 e. The molecule has 0 amide bonds. The van der Waals surface area contributed by atoms with Gasteiger partial charge in [-0.15, -0.1) is 0 Å². The van der Waals surface area contributed by atoms with Crippen molar-refractivity contribution >= 4 is 33.2 Å². The monoisotopic (exact) mass is 322 g/mol. The Kier molecular flexibility index (Phi) is 4.74. The van der Waals surface area contributed by atoms with E-state index < -0.39 is 10.0 Å². The molecule has 19 heavy (non-hydrogen) atoms. The molecule has 1 aliphatic heterocycles. The van der Waals surface area contributed by atoms with Crippen molar-refractivity contribution < 1.29 is 8.42 Å². The summed E-state index contributed by atoms with van der Waals surface area (Å²) in [5.41, 5.74) is 0.588. The Labute approximate surface area is 124 Å². The smallest absolute Gasteiger partial charge is 0.218 e. The molecule has 0 N–H and O–H groups in total. The van der Waals surface area contributed by atoms with Crippen LogP contribution < -0.4 is 0 Å². The zero-order valence-electron chi connectivity index (χ0n) is 10.6. The van der Waals surface area contributed by atoms with E-state index in [1.165, 1.54) is 4.31 Å². The summed E-state index contributed by atoms with van der Waals surface area (Å²) in [7, 11) is -1.33. The molecule has 4 nitrogen and oxygen atoms in total. The van der Waals surface area contributed by atoms with Gasteiger partial charge in [0, 0.05) is 36.2 Å². The molecule has 1 aliphatic rings. The number of nitrogens with zero attached hydrogens (tertiary/aromatic N) is 2. The van der Waals surface area contributed by atoms with Crippen molar-refractivity contribution in [3.8, 4) is 0 Å². The normalized spacial score (nSPS) is 18.7. The van der Waals surface area contributed by atoms with Crippen molar-refractivity contribution in [2.24, 2.45) is 0 Å². The highest BCUT2D eigenvalue weighted by Gasteiger charge is 2.26. The van der Waals surface area contributed by atoms with E-state index >= 15 is 0 Å². The maximum atomic E-state index is 12.3. The molecule has 1 aromatic rings. The first-order chi connectivity index (χ1) is 8.88. The Morgan fingerprint density at radius 1 is 1.16 bits per heavy atom. The molecule has 0 atom stereocenters. The van der Waals surface area contributed by atoms with Crippen molar-refractivity contribution in [3.05, 3.63) is 33.8 Å². The minimum Gasteiger partial charge on any atom is -0.304 e. The zero-order valence-corrected chi connectivity index (χ0v) is 13.0. The van der Waals surface area contributed by atoms with Crippen LogP contribution >= 0.6 is 23.2 Å². The fourth-order valence-electron chi connectivity index (χ4n) is 1.99. The minimum absolute atomic E-state index is 0.0767. The highest BCUT2D eigenvalue weighted by Crippen LogP contribution is 2.24. The van der Waals surface area contributed by atoms with Crippen molar-refractivity contribution in [2.45, 2.75) is 5.75 Å². The van der Waals surface area contributed by atoms with Gasteiger partial charge in [-0.1, -0.05) is 29.3 Å². The molecule has 7 heteroatoms. The minimum atomic E-state index is -3.32. The Hall–Kier alpha value is -0.330. The summed E-state index contributed by atoms with van der Waals surface area (Å²) in [5, 5.41) is 0.899. The number of hydrogen-bond acceptors (Lipinski definition) is 3. The first kappa shape index (κ1) is 15.1. The van der Waals surface area contributed by atoms with Gasteiger partial charge in [-0.05, 0) is 24.7 Å². The molecule has 0 bridgehead atoms. The maximum absolute atomic E-state index is 12.3. The van der Waals surface area contributed by atoms with Crippen LogP contribution in [0.15, 0.2) is 18.2 Å². The molecule has 0 unspecified atom stereocenters. The number of piperazine rings is 1. The number of sulfonamides is 1. The van der Waals surface area contributed by atoms with E-state index in [2.05, 4.69) is 4.90 Å². The number of likely N-dealkylation sites (N-methyl/N-ethyl adjacent to an activating group) is 1. The van der Waals surface area contributed by atoms with Crippen LogP contribution in [0.2, 0.25) is 10.0 Å². The van der Waals surface area contributed by atoms with Gasteiger partial charge in [0.15, 0.2) is 0 Å². The van der Waals surface area contributed by atoms with Crippen LogP contribution in [-0.4, -0.2) is 50.8 Å². The Bertz CT molecular complexity index is 555. The van der Waals surface area contributed by atoms with Gasteiger partial charge in [0.2, 0.25) is 10.0 Å². The van der Waals surface area contributed by atoms with Crippen molar-refractivity contribution in [2.75, 3.05) is 33.2 Å². The molecular formula is C12H16Cl2N2O2S. The average Bonchev–Trinajstić information content (AvgIpc) is 2.33. The lowest BCUT2D eigenvalue weighted by Crippen LogP contribution is -2.47. The van der Waals surface area contributed by atoms with Crippen LogP contribution in [0.4, 0.5) is 0 Å². The summed E-state index contributed by atoms with van der Waals surface area (Å²) in [5.74, 6) is -0.0767. The zero-order chi connectivity index (χ0) is 14.0. The summed E-state index contributed by atoms with van der Waals surface area (Å²) >= 11 is 11.8. The number of hydrogen-bond donors (Lipinski definition) is 0. The van der Waals surface area contributed by atoms with Crippen molar-refractivity contribution in [1.82, 2.24) is 9.21 Å². The number of halogens is 2. The van der Waals surface area contributed by atoms with Gasteiger partial charge in [0.1, 0.15) is 0 Å². The second-order valence-corrected chi connectivity index (χ2v) is 7.51. The predicted octanol–water partition coefficient (Wildman–Crippen LogP) is 2.07. The van der Waals surface area contributed by atoms with Crippen LogP contribution in [0.25, 0.3) is 0 Å². The van der Waals surface area contributed by atoms with Gasteiger partial charge in [0.05, 0.1) is 5.75 Å². The lowest BCUT2D eigenvalue weighted by Gasteiger charge is -2.31. The van der Waals surface area contributed by atoms with Gasteiger partial charge < -0.3 is 4.90 Å². The third-order valence-electron chi connectivity index (χ3n) is 3.21. The molecule has 2 rings (SSSR count). The second-order valence-electron chi connectivity index (χ2n) is 4.69. The molecule has 1 saturated heterocycles. The summed E-state index contributed by atoms with van der Waals surface area (Å²) in [4.78, 5) is 2.11. The maximum Gasteiger partial charge on any atom is 0.218 e. The Morgan fingerprint density at radius 3 is 2.37 bits per heavy atom. The van der Waals surface area contributed by atoms with E-state index in [9.17, 15) is 8.42 Å². The van der Waals surface area contributed by atoms with E-state index in [0.29, 0.717) is 28.7 Å². The van der Waals surface area contributed by atoms with E-state index in [1.54, 1.807) is 18.2 Å². The average molecular weight is 323 g/mol. The van der Waals surface area contributed by atoms with Crippen molar-refractivity contribution in [3.63, 3.8) is 0 Å². The molecule has 1 fully saturated rings. The molecular weight excluding hydrogens is 307 g/mol. The molecule has 0 saturated carbocycles. The SMILES string of the molecule is CN1CCN(S(=O)(=O)Cc2ccc(Cl)cc2Cl)CC1. The Balaban J connectivity index is 2.12. The second kappa shape index (κ2) is 5.97. The molecule has 1 aromatic carbocycles. The highest BCUT2D eigenvalue weighted by molar-refractivity contribution is 7.88. The van der Waals surface area contributed by atoms with Crippen molar-refractivity contribution in [1.29, 1.82) is 0 Å². The molecule has 0 radical (unpaired) electrons. The summed E-state index contributed by atoms with van der Waals surface area (Å²) in [6, 6.07) is 4.89. The summed E-state index contributed by atoms with van der Waals surface area (Å²) < 4.78 is 26.2.